The SMILES string of the molecule is CO[C@@]12CC[C@@H](NC(=O)C3CCC3)C[C@@H]1N(CCCc1ccco1)CC2. The number of nitrogens with one attached hydrogen (secondary N) is 1. The molecule has 1 N–H and O–H groups in total. The Kier molecular flexibility index (Phi) is 5.37. The van der Waals surface area contributed by atoms with Crippen LogP contribution in [-0.4, -0.2) is 48.7 Å². The Bertz CT molecular complexity index is 598. The largest absolute Gasteiger partial charge is 0.469 e. The number of nitrogens with zero attached hydrogens (tertiary/aromatic N) is 1. The van der Waals surface area contributed by atoms with Crippen molar-refractivity contribution in [1.82, 2.24) is 10.2 Å². The summed E-state index contributed by atoms with van der Waals surface area (Å²) in [5.74, 6) is 1.63. The molecule has 1 aromatic rings. The van der Waals surface area contributed by atoms with E-state index in [-0.39, 0.29) is 17.4 Å². The van der Waals surface area contributed by atoms with E-state index < -0.39 is 0 Å². The van der Waals surface area contributed by atoms with Gasteiger partial charge in [0.1, 0.15) is 5.76 Å². The molecule has 5 nitrogen and oxygen atoms in total. The van der Waals surface area contributed by atoms with Crippen molar-refractivity contribution in [3.05, 3.63) is 24.2 Å². The summed E-state index contributed by atoms with van der Waals surface area (Å²) in [4.78, 5) is 14.9. The van der Waals surface area contributed by atoms with Gasteiger partial charge < -0.3 is 14.5 Å². The number of methoxy groups -OCH3 is 1. The Hall–Kier alpha value is -1.33. The molecule has 1 saturated heterocycles. The van der Waals surface area contributed by atoms with Gasteiger partial charge in [-0.1, -0.05) is 6.42 Å². The number of hydrogen-bond donors (Lipinski definition) is 1. The first-order valence-corrected chi connectivity index (χ1v) is 10.3. The monoisotopic (exact) mass is 360 g/mol. The van der Waals surface area contributed by atoms with E-state index in [0.29, 0.717) is 12.1 Å². The van der Waals surface area contributed by atoms with Crippen molar-refractivity contribution in [2.24, 2.45) is 5.92 Å². The number of likely N-dealkylation sites (tertiary alicyclic amines) is 1. The van der Waals surface area contributed by atoms with Crippen LogP contribution in [0.15, 0.2) is 22.8 Å². The van der Waals surface area contributed by atoms with Crippen LogP contribution in [0.25, 0.3) is 0 Å². The topological polar surface area (TPSA) is 54.7 Å². The van der Waals surface area contributed by atoms with Crippen LogP contribution in [0.3, 0.4) is 0 Å². The van der Waals surface area contributed by atoms with Crippen molar-refractivity contribution in [3.8, 4) is 0 Å². The molecule has 3 aliphatic rings. The molecular weight excluding hydrogens is 328 g/mol. The lowest BCUT2D eigenvalue weighted by Gasteiger charge is -2.44. The van der Waals surface area contributed by atoms with Crippen molar-refractivity contribution in [2.45, 2.75) is 75.5 Å². The maximum atomic E-state index is 12.4. The van der Waals surface area contributed by atoms with Crippen LogP contribution in [0.2, 0.25) is 0 Å². The number of hydrogen-bond acceptors (Lipinski definition) is 4. The molecule has 0 spiro atoms. The Morgan fingerprint density at radius 2 is 2.27 bits per heavy atom. The maximum absolute atomic E-state index is 12.4. The van der Waals surface area contributed by atoms with Crippen molar-refractivity contribution >= 4 is 5.91 Å². The van der Waals surface area contributed by atoms with Crippen LogP contribution in [-0.2, 0) is 16.0 Å². The van der Waals surface area contributed by atoms with Crippen molar-refractivity contribution in [2.75, 3.05) is 20.2 Å². The molecule has 1 aliphatic heterocycles. The molecule has 1 amide bonds. The predicted molar refractivity (Wildman–Crippen MR) is 99.9 cm³/mol. The molecule has 3 atom stereocenters. The van der Waals surface area contributed by atoms with Gasteiger partial charge in [0.05, 0.1) is 11.9 Å². The molecule has 0 aromatic carbocycles. The molecule has 2 aliphatic carbocycles. The maximum Gasteiger partial charge on any atom is 0.223 e. The number of carbonyl (C=O) groups is 1. The zero-order valence-electron chi connectivity index (χ0n) is 15.9. The zero-order valence-corrected chi connectivity index (χ0v) is 15.9. The van der Waals surface area contributed by atoms with E-state index in [1.165, 1.54) is 6.42 Å². The molecule has 1 aromatic heterocycles. The quantitative estimate of drug-likeness (QED) is 0.812. The smallest absolute Gasteiger partial charge is 0.223 e. The third-order valence-electron chi connectivity index (χ3n) is 6.97. The van der Waals surface area contributed by atoms with Gasteiger partial charge in [0.2, 0.25) is 5.91 Å². The van der Waals surface area contributed by atoms with Crippen molar-refractivity contribution in [3.63, 3.8) is 0 Å². The van der Waals surface area contributed by atoms with E-state index in [2.05, 4.69) is 16.3 Å². The Morgan fingerprint density at radius 1 is 1.38 bits per heavy atom. The molecule has 5 heteroatoms. The van der Waals surface area contributed by atoms with Gasteiger partial charge in [0.25, 0.3) is 0 Å². The Labute approximate surface area is 156 Å². The van der Waals surface area contributed by atoms with Crippen LogP contribution in [0.4, 0.5) is 0 Å². The normalized spacial score (nSPS) is 32.2. The van der Waals surface area contributed by atoms with Crippen LogP contribution < -0.4 is 5.32 Å². The third-order valence-corrected chi connectivity index (χ3v) is 6.97. The fourth-order valence-corrected chi connectivity index (χ4v) is 5.09. The van der Waals surface area contributed by atoms with Gasteiger partial charge in [-0.3, -0.25) is 9.69 Å². The first-order valence-electron chi connectivity index (χ1n) is 10.3. The summed E-state index contributed by atoms with van der Waals surface area (Å²) < 4.78 is 11.5. The highest BCUT2D eigenvalue weighted by atomic mass is 16.5. The van der Waals surface area contributed by atoms with E-state index >= 15 is 0 Å². The fraction of sp³-hybridized carbons (Fsp3) is 0.762. The molecular formula is C21H32N2O3. The van der Waals surface area contributed by atoms with Crippen molar-refractivity contribution in [1.29, 1.82) is 0 Å². The minimum atomic E-state index is -0.0115. The Morgan fingerprint density at radius 3 is 2.96 bits per heavy atom. The molecule has 4 rings (SSSR count). The van der Waals surface area contributed by atoms with E-state index in [1.54, 1.807) is 6.26 Å². The molecule has 3 fully saturated rings. The summed E-state index contributed by atoms with van der Waals surface area (Å²) in [7, 11) is 1.87. The predicted octanol–water partition coefficient (Wildman–Crippen LogP) is 3.14. The second-order valence-electron chi connectivity index (χ2n) is 8.36. The number of aryl methyl sites for hydroxylation is 1. The summed E-state index contributed by atoms with van der Waals surface area (Å²) in [6.45, 7) is 2.17. The number of rotatable bonds is 7. The molecule has 0 unspecified atom stereocenters. The summed E-state index contributed by atoms with van der Waals surface area (Å²) in [6, 6.07) is 4.74. The molecule has 26 heavy (non-hydrogen) atoms. The van der Waals surface area contributed by atoms with Gasteiger partial charge in [-0.25, -0.2) is 0 Å². The first-order chi connectivity index (χ1) is 12.7. The lowest BCUT2D eigenvalue weighted by Crippen LogP contribution is -2.55. The van der Waals surface area contributed by atoms with Crippen LogP contribution in [0.5, 0.6) is 0 Å². The van der Waals surface area contributed by atoms with E-state index in [1.807, 2.05) is 13.2 Å². The number of ether oxygens (including phenoxy) is 1. The van der Waals surface area contributed by atoms with Gasteiger partial charge in [0.15, 0.2) is 0 Å². The summed E-state index contributed by atoms with van der Waals surface area (Å²) in [5, 5.41) is 3.34. The second kappa shape index (κ2) is 7.73. The van der Waals surface area contributed by atoms with E-state index in [0.717, 1.165) is 70.2 Å². The molecule has 0 radical (unpaired) electrons. The summed E-state index contributed by atoms with van der Waals surface area (Å²) >= 11 is 0. The van der Waals surface area contributed by atoms with Crippen LogP contribution in [0.1, 0.15) is 57.1 Å². The van der Waals surface area contributed by atoms with Crippen molar-refractivity contribution < 1.29 is 13.9 Å². The van der Waals surface area contributed by atoms with Crippen LogP contribution in [0, 0.1) is 5.92 Å². The minimum absolute atomic E-state index is 0.0115. The minimum Gasteiger partial charge on any atom is -0.469 e. The summed E-state index contributed by atoms with van der Waals surface area (Å²) in [5.41, 5.74) is -0.0115. The molecule has 144 valence electrons. The standard InChI is InChI=1S/C21H32N2O3/c1-25-21-10-9-17(22-20(24)16-5-2-6-16)15-19(21)23(13-11-21)12-3-7-18-8-4-14-26-18/h4,8,14,16-17,19H,2-3,5-7,9-13,15H2,1H3,(H,22,24)/t17-,19+,21-/m1/s1. The zero-order chi connectivity index (χ0) is 18.0. The van der Waals surface area contributed by atoms with E-state index in [9.17, 15) is 4.79 Å². The highest BCUT2D eigenvalue weighted by Gasteiger charge is 2.51. The lowest BCUT2D eigenvalue weighted by molar-refractivity contribution is -0.129. The van der Waals surface area contributed by atoms with Gasteiger partial charge in [0, 0.05) is 38.1 Å². The fourth-order valence-electron chi connectivity index (χ4n) is 5.09. The number of fused-ring (bicyclic) bond motifs is 1. The van der Waals surface area contributed by atoms with Crippen LogP contribution >= 0.6 is 0 Å². The highest BCUT2D eigenvalue weighted by Crippen LogP contribution is 2.42. The number of carbonyl (C=O) groups excluding carboxylic acids is 1. The number of furan rings is 1. The number of amides is 1. The third kappa shape index (κ3) is 3.56. The first kappa shape index (κ1) is 18.1. The summed E-state index contributed by atoms with van der Waals surface area (Å²) in [6.07, 6.45) is 11.4. The van der Waals surface area contributed by atoms with E-state index in [4.69, 9.17) is 9.15 Å². The molecule has 2 saturated carbocycles. The molecule has 2 heterocycles. The average Bonchev–Trinajstić information content (AvgIpc) is 3.22. The highest BCUT2D eigenvalue weighted by molar-refractivity contribution is 5.79. The lowest BCUT2D eigenvalue weighted by atomic mass is 9.77. The van der Waals surface area contributed by atoms with Gasteiger partial charge in [-0.2, -0.15) is 0 Å². The van der Waals surface area contributed by atoms with Gasteiger partial charge in [-0.05, 0) is 63.6 Å². The molecule has 0 bridgehead atoms. The Balaban J connectivity index is 1.33. The van der Waals surface area contributed by atoms with Gasteiger partial charge >= 0.3 is 0 Å². The average molecular weight is 360 g/mol. The second-order valence-corrected chi connectivity index (χ2v) is 8.36. The van der Waals surface area contributed by atoms with Gasteiger partial charge in [-0.15, -0.1) is 0 Å².